The lowest BCUT2D eigenvalue weighted by Crippen LogP contribution is -2.36. The van der Waals surface area contributed by atoms with Crippen molar-refractivity contribution in [2.24, 2.45) is 5.92 Å². The molecule has 0 aromatic heterocycles. The molecule has 0 aromatic rings. The van der Waals surface area contributed by atoms with Crippen LogP contribution in [0.15, 0.2) is 0 Å². The van der Waals surface area contributed by atoms with Crippen LogP contribution in [-0.2, 0) is 4.74 Å². The van der Waals surface area contributed by atoms with Crippen LogP contribution in [0.5, 0.6) is 0 Å². The Labute approximate surface area is 111 Å². The van der Waals surface area contributed by atoms with E-state index in [0.29, 0.717) is 5.92 Å². The average Bonchev–Trinajstić information content (AvgIpc) is 2.48. The van der Waals surface area contributed by atoms with Crippen molar-refractivity contribution in [1.29, 1.82) is 0 Å². The third-order valence-corrected chi connectivity index (χ3v) is 2.56. The standard InChI is InChI=1S/C12H24N2O2.ClH/c1-12(2,3)16-11(15)14-7-6-10(9-14)8-13(4)5;/h10H,6-9H2,1-5H3;1H/t10-;/m0./s1. The van der Waals surface area contributed by atoms with E-state index in [9.17, 15) is 4.79 Å². The molecule has 1 fully saturated rings. The molecular formula is C12H25ClN2O2. The molecule has 1 saturated heterocycles. The molecule has 0 N–H and O–H groups in total. The van der Waals surface area contributed by atoms with Gasteiger partial charge in [0, 0.05) is 19.6 Å². The number of hydrogen-bond donors (Lipinski definition) is 0. The summed E-state index contributed by atoms with van der Waals surface area (Å²) < 4.78 is 5.35. The van der Waals surface area contributed by atoms with Gasteiger partial charge in [-0.25, -0.2) is 4.79 Å². The van der Waals surface area contributed by atoms with E-state index in [4.69, 9.17) is 4.74 Å². The van der Waals surface area contributed by atoms with Crippen molar-refractivity contribution in [2.45, 2.75) is 32.8 Å². The quantitative estimate of drug-likeness (QED) is 0.767. The molecule has 1 atom stereocenters. The van der Waals surface area contributed by atoms with E-state index in [1.165, 1.54) is 0 Å². The Morgan fingerprint density at radius 1 is 1.41 bits per heavy atom. The molecule has 0 aromatic carbocycles. The van der Waals surface area contributed by atoms with E-state index in [0.717, 1.165) is 26.1 Å². The van der Waals surface area contributed by atoms with E-state index in [1.807, 2.05) is 25.7 Å². The Bertz CT molecular complexity index is 251. The maximum Gasteiger partial charge on any atom is 0.410 e. The van der Waals surface area contributed by atoms with Gasteiger partial charge in [0.15, 0.2) is 0 Å². The minimum Gasteiger partial charge on any atom is -0.444 e. The van der Waals surface area contributed by atoms with Crippen LogP contribution in [0.4, 0.5) is 4.79 Å². The second-order valence-electron chi connectivity index (χ2n) is 5.84. The molecule has 0 radical (unpaired) electrons. The van der Waals surface area contributed by atoms with Crippen molar-refractivity contribution in [2.75, 3.05) is 33.7 Å². The lowest BCUT2D eigenvalue weighted by molar-refractivity contribution is 0.0286. The zero-order chi connectivity index (χ0) is 12.3. The summed E-state index contributed by atoms with van der Waals surface area (Å²) >= 11 is 0. The third-order valence-electron chi connectivity index (χ3n) is 2.56. The van der Waals surface area contributed by atoms with Gasteiger partial charge in [0.05, 0.1) is 0 Å². The first-order valence-electron chi connectivity index (χ1n) is 5.90. The molecule has 0 unspecified atom stereocenters. The molecule has 1 aliphatic heterocycles. The fraction of sp³-hybridized carbons (Fsp3) is 0.917. The van der Waals surface area contributed by atoms with E-state index < -0.39 is 5.60 Å². The van der Waals surface area contributed by atoms with Crippen LogP contribution < -0.4 is 0 Å². The van der Waals surface area contributed by atoms with E-state index in [1.54, 1.807) is 0 Å². The summed E-state index contributed by atoms with van der Waals surface area (Å²) in [6, 6.07) is 0. The van der Waals surface area contributed by atoms with Gasteiger partial charge in [0.25, 0.3) is 0 Å². The normalized spacial score (nSPS) is 20.4. The molecule has 0 spiro atoms. The smallest absolute Gasteiger partial charge is 0.410 e. The molecule has 5 heteroatoms. The zero-order valence-corrected chi connectivity index (χ0v) is 12.3. The molecule has 1 aliphatic rings. The van der Waals surface area contributed by atoms with Gasteiger partial charge in [-0.05, 0) is 47.2 Å². The number of carbonyl (C=O) groups is 1. The van der Waals surface area contributed by atoms with Gasteiger partial charge in [-0.2, -0.15) is 0 Å². The summed E-state index contributed by atoms with van der Waals surface area (Å²) in [7, 11) is 4.13. The van der Waals surface area contributed by atoms with Gasteiger partial charge in [-0.3, -0.25) is 0 Å². The van der Waals surface area contributed by atoms with E-state index in [-0.39, 0.29) is 18.5 Å². The Hall–Kier alpha value is -0.480. The van der Waals surface area contributed by atoms with Crippen LogP contribution >= 0.6 is 12.4 Å². The zero-order valence-electron chi connectivity index (χ0n) is 11.5. The summed E-state index contributed by atoms with van der Waals surface area (Å²) in [6.45, 7) is 8.40. The first-order chi connectivity index (χ1) is 7.28. The minimum atomic E-state index is -0.392. The number of hydrogen-bond acceptors (Lipinski definition) is 3. The van der Waals surface area contributed by atoms with Crippen LogP contribution in [0, 0.1) is 5.92 Å². The van der Waals surface area contributed by atoms with Crippen molar-refractivity contribution >= 4 is 18.5 Å². The molecule has 17 heavy (non-hydrogen) atoms. The molecule has 4 nitrogen and oxygen atoms in total. The Kier molecular flexibility index (Phi) is 6.27. The number of nitrogens with zero attached hydrogens (tertiary/aromatic N) is 2. The van der Waals surface area contributed by atoms with Gasteiger partial charge in [-0.1, -0.05) is 0 Å². The molecule has 102 valence electrons. The van der Waals surface area contributed by atoms with Crippen LogP contribution in [0.3, 0.4) is 0 Å². The number of halogens is 1. The van der Waals surface area contributed by atoms with Crippen LogP contribution in [0.2, 0.25) is 0 Å². The second-order valence-corrected chi connectivity index (χ2v) is 5.84. The first-order valence-corrected chi connectivity index (χ1v) is 5.90. The number of ether oxygens (including phenoxy) is 1. The lowest BCUT2D eigenvalue weighted by Gasteiger charge is -2.24. The highest BCUT2D eigenvalue weighted by Crippen LogP contribution is 2.19. The maximum atomic E-state index is 11.8. The van der Waals surface area contributed by atoms with E-state index in [2.05, 4.69) is 19.0 Å². The molecular weight excluding hydrogens is 240 g/mol. The summed E-state index contributed by atoms with van der Waals surface area (Å²) in [6.07, 6.45) is 0.908. The van der Waals surface area contributed by atoms with Crippen LogP contribution in [0.25, 0.3) is 0 Å². The highest BCUT2D eigenvalue weighted by atomic mass is 35.5. The maximum absolute atomic E-state index is 11.8. The molecule has 0 saturated carbocycles. The van der Waals surface area contributed by atoms with E-state index >= 15 is 0 Å². The third kappa shape index (κ3) is 6.13. The first kappa shape index (κ1) is 16.5. The van der Waals surface area contributed by atoms with Crippen molar-refractivity contribution < 1.29 is 9.53 Å². The Morgan fingerprint density at radius 3 is 2.47 bits per heavy atom. The number of likely N-dealkylation sites (tertiary alicyclic amines) is 1. The largest absolute Gasteiger partial charge is 0.444 e. The van der Waals surface area contributed by atoms with Crippen molar-refractivity contribution in [3.05, 3.63) is 0 Å². The monoisotopic (exact) mass is 264 g/mol. The number of carbonyl (C=O) groups excluding carboxylic acids is 1. The predicted molar refractivity (Wildman–Crippen MR) is 71.7 cm³/mol. The summed E-state index contributed by atoms with van der Waals surface area (Å²) in [5.41, 5.74) is -0.392. The number of rotatable bonds is 2. The van der Waals surface area contributed by atoms with Gasteiger partial charge in [0.1, 0.15) is 5.60 Å². The van der Waals surface area contributed by atoms with Crippen molar-refractivity contribution in [3.63, 3.8) is 0 Å². The van der Waals surface area contributed by atoms with Crippen LogP contribution in [-0.4, -0.2) is 55.2 Å². The number of amides is 1. The lowest BCUT2D eigenvalue weighted by atomic mass is 10.1. The van der Waals surface area contributed by atoms with Gasteiger partial charge < -0.3 is 14.5 Å². The fourth-order valence-corrected chi connectivity index (χ4v) is 1.99. The van der Waals surface area contributed by atoms with Crippen LogP contribution in [0.1, 0.15) is 27.2 Å². The minimum absolute atomic E-state index is 0. The summed E-state index contributed by atoms with van der Waals surface area (Å²) in [5.74, 6) is 0.586. The Balaban J connectivity index is 0.00000256. The molecule has 1 rings (SSSR count). The molecule has 1 heterocycles. The molecule has 0 aliphatic carbocycles. The predicted octanol–water partition coefficient (Wildman–Crippen LogP) is 2.23. The highest BCUT2D eigenvalue weighted by molar-refractivity contribution is 5.85. The van der Waals surface area contributed by atoms with Crippen molar-refractivity contribution in [1.82, 2.24) is 9.80 Å². The molecule has 1 amide bonds. The van der Waals surface area contributed by atoms with Gasteiger partial charge in [0.2, 0.25) is 0 Å². The highest BCUT2D eigenvalue weighted by Gasteiger charge is 2.29. The van der Waals surface area contributed by atoms with Gasteiger partial charge >= 0.3 is 6.09 Å². The van der Waals surface area contributed by atoms with Crippen molar-refractivity contribution in [3.8, 4) is 0 Å². The summed E-state index contributed by atoms with van der Waals surface area (Å²) in [5, 5.41) is 0. The summed E-state index contributed by atoms with van der Waals surface area (Å²) in [4.78, 5) is 15.8. The SMILES string of the molecule is CN(C)C[C@@H]1CCN(C(=O)OC(C)(C)C)C1.Cl. The van der Waals surface area contributed by atoms with Gasteiger partial charge in [-0.15, -0.1) is 12.4 Å². The average molecular weight is 265 g/mol. The Morgan fingerprint density at radius 2 is 2.00 bits per heavy atom. The fourth-order valence-electron chi connectivity index (χ4n) is 1.99. The second kappa shape index (κ2) is 6.45. The molecule has 0 bridgehead atoms. The topological polar surface area (TPSA) is 32.8 Å².